The zero-order valence-corrected chi connectivity index (χ0v) is 18.9. The van der Waals surface area contributed by atoms with Gasteiger partial charge < -0.3 is 15.0 Å². The molecule has 1 aromatic carbocycles. The number of nitrogens with zero attached hydrogens (tertiary/aromatic N) is 4. The van der Waals surface area contributed by atoms with Crippen LogP contribution in [0, 0.1) is 0 Å². The molecule has 2 saturated heterocycles. The van der Waals surface area contributed by atoms with Gasteiger partial charge in [-0.3, -0.25) is 14.2 Å². The molecule has 1 amide bonds. The molecule has 2 aromatic heterocycles. The van der Waals surface area contributed by atoms with E-state index in [1.807, 2.05) is 30.3 Å². The molecule has 1 unspecified atom stereocenters. The molecule has 0 saturated carbocycles. The average molecular weight is 494 g/mol. The summed E-state index contributed by atoms with van der Waals surface area (Å²) in [5.74, 6) is -1.43. The number of fused-ring (bicyclic) bond motifs is 1. The molecule has 34 heavy (non-hydrogen) atoms. The van der Waals surface area contributed by atoms with Crippen LogP contribution in [0.1, 0.15) is 36.7 Å². The lowest BCUT2D eigenvalue weighted by Crippen LogP contribution is -2.43. The van der Waals surface area contributed by atoms with Crippen LogP contribution in [0.5, 0.6) is 0 Å². The summed E-state index contributed by atoms with van der Waals surface area (Å²) in [6.07, 6.45) is -3.19. The third kappa shape index (κ3) is 4.27. The zero-order chi connectivity index (χ0) is 23.9. The first-order valence-corrected chi connectivity index (χ1v) is 11.8. The van der Waals surface area contributed by atoms with Crippen molar-refractivity contribution in [3.63, 3.8) is 0 Å². The lowest BCUT2D eigenvalue weighted by atomic mass is 10.2. The fourth-order valence-electron chi connectivity index (χ4n) is 4.43. The van der Waals surface area contributed by atoms with Gasteiger partial charge in [0.2, 0.25) is 11.7 Å². The number of benzene rings is 1. The third-order valence-corrected chi connectivity index (χ3v) is 7.08. The number of carbonyl (C=O) groups is 1. The van der Waals surface area contributed by atoms with E-state index in [4.69, 9.17) is 4.74 Å². The molecule has 0 radical (unpaired) electrons. The third-order valence-electron chi connectivity index (χ3n) is 6.09. The van der Waals surface area contributed by atoms with Crippen LogP contribution in [-0.4, -0.2) is 46.2 Å². The Morgan fingerprint density at radius 2 is 2.00 bits per heavy atom. The van der Waals surface area contributed by atoms with Crippen molar-refractivity contribution in [2.45, 2.75) is 44.1 Å². The van der Waals surface area contributed by atoms with E-state index >= 15 is 0 Å². The van der Waals surface area contributed by atoms with Crippen molar-refractivity contribution in [3.8, 4) is 0 Å². The number of alkyl halides is 3. The molecular weight excluding hydrogens is 471 g/mol. The van der Waals surface area contributed by atoms with E-state index < -0.39 is 29.6 Å². The predicted octanol–water partition coefficient (Wildman–Crippen LogP) is 3.12. The smallest absolute Gasteiger partial charge is 0.379 e. The molecular formula is C22H22F3N5O3S. The van der Waals surface area contributed by atoms with E-state index in [1.54, 1.807) is 4.90 Å². The molecule has 0 bridgehead atoms. The number of anilines is 1. The van der Waals surface area contributed by atoms with Gasteiger partial charge in [-0.2, -0.15) is 13.2 Å². The van der Waals surface area contributed by atoms with Crippen molar-refractivity contribution >= 4 is 32.7 Å². The summed E-state index contributed by atoms with van der Waals surface area (Å²) in [6.45, 7) is 1.18. The lowest BCUT2D eigenvalue weighted by Gasteiger charge is -2.23. The number of amides is 1. The summed E-state index contributed by atoms with van der Waals surface area (Å²) in [4.78, 5) is 35.8. The summed E-state index contributed by atoms with van der Waals surface area (Å²) in [5, 5.41) is 3.24. The van der Waals surface area contributed by atoms with E-state index in [0.29, 0.717) is 35.6 Å². The standard InChI is InChI=1S/C22H22F3N5O3S/c23-22(24,25)20-28-18-16(19(32)30(20)14-8-10-33-12-14)27-21(34-18)29-9-4-7-15(29)17(31)26-11-13-5-2-1-3-6-13/h1-3,5-6,14-15H,4,7-12H2,(H,26,31)/t14-,15?/m1/s1. The molecule has 2 aliphatic rings. The highest BCUT2D eigenvalue weighted by atomic mass is 32.1. The fourth-order valence-corrected chi connectivity index (χ4v) is 5.44. The van der Waals surface area contributed by atoms with Gasteiger partial charge in [0.05, 0.1) is 12.6 Å². The molecule has 1 N–H and O–H groups in total. The number of thiazole rings is 1. The molecule has 12 heteroatoms. The molecule has 3 aromatic rings. The summed E-state index contributed by atoms with van der Waals surface area (Å²) in [7, 11) is 0. The van der Waals surface area contributed by atoms with Gasteiger partial charge in [0.25, 0.3) is 5.56 Å². The van der Waals surface area contributed by atoms with Crippen LogP contribution < -0.4 is 15.8 Å². The van der Waals surface area contributed by atoms with Gasteiger partial charge in [-0.15, -0.1) is 0 Å². The Kier molecular flexibility index (Phi) is 6.02. The van der Waals surface area contributed by atoms with Crippen LogP contribution in [0.4, 0.5) is 18.3 Å². The molecule has 2 atom stereocenters. The van der Waals surface area contributed by atoms with Gasteiger partial charge in [-0.25, -0.2) is 9.97 Å². The number of hydrogen-bond acceptors (Lipinski definition) is 7. The minimum Gasteiger partial charge on any atom is -0.379 e. The van der Waals surface area contributed by atoms with E-state index in [9.17, 15) is 22.8 Å². The second kappa shape index (κ2) is 8.99. The minimum atomic E-state index is -4.80. The monoisotopic (exact) mass is 493 g/mol. The molecule has 180 valence electrons. The number of rotatable bonds is 5. The highest BCUT2D eigenvalue weighted by Crippen LogP contribution is 2.35. The first-order chi connectivity index (χ1) is 16.3. The maximum absolute atomic E-state index is 13.8. The SMILES string of the molecule is O=C(NCc1ccccc1)C1CCCN1c1nc2c(=O)n([C@@H]3CCOC3)c(C(F)(F)F)nc2s1. The fraction of sp³-hybridized carbons (Fsp3) is 0.455. The van der Waals surface area contributed by atoms with Crippen LogP contribution in [0.2, 0.25) is 0 Å². The number of ether oxygens (including phenoxy) is 1. The summed E-state index contributed by atoms with van der Waals surface area (Å²) in [6, 6.07) is 8.22. The Balaban J connectivity index is 1.46. The quantitative estimate of drug-likeness (QED) is 0.588. The summed E-state index contributed by atoms with van der Waals surface area (Å²) in [5.41, 5.74) is 0.00977. The Morgan fingerprint density at radius 1 is 1.21 bits per heavy atom. The number of aromatic nitrogens is 3. The molecule has 8 nitrogen and oxygen atoms in total. The summed E-state index contributed by atoms with van der Waals surface area (Å²) >= 11 is 0.905. The van der Waals surface area contributed by atoms with E-state index in [0.717, 1.165) is 23.3 Å². The average Bonchev–Trinajstić information content (AvgIpc) is 3.57. The largest absolute Gasteiger partial charge is 0.449 e. The van der Waals surface area contributed by atoms with Gasteiger partial charge in [-0.05, 0) is 24.8 Å². The van der Waals surface area contributed by atoms with Crippen LogP contribution in [-0.2, 0) is 22.3 Å². The molecule has 4 heterocycles. The number of hydrogen-bond donors (Lipinski definition) is 1. The van der Waals surface area contributed by atoms with E-state index in [1.165, 1.54) is 0 Å². The van der Waals surface area contributed by atoms with Crippen molar-refractivity contribution in [3.05, 3.63) is 52.1 Å². The Hall–Kier alpha value is -2.99. The maximum atomic E-state index is 13.8. The Morgan fingerprint density at radius 3 is 2.71 bits per heavy atom. The van der Waals surface area contributed by atoms with Crippen molar-refractivity contribution in [1.82, 2.24) is 19.9 Å². The Labute approximate surface area is 196 Å². The van der Waals surface area contributed by atoms with Crippen LogP contribution in [0.3, 0.4) is 0 Å². The van der Waals surface area contributed by atoms with Crippen LogP contribution >= 0.6 is 11.3 Å². The highest BCUT2D eigenvalue weighted by molar-refractivity contribution is 7.21. The topological polar surface area (TPSA) is 89.4 Å². The van der Waals surface area contributed by atoms with Crippen molar-refractivity contribution in [1.29, 1.82) is 0 Å². The van der Waals surface area contributed by atoms with Crippen molar-refractivity contribution < 1.29 is 22.7 Å². The van der Waals surface area contributed by atoms with E-state index in [2.05, 4.69) is 15.3 Å². The minimum absolute atomic E-state index is 0.0168. The van der Waals surface area contributed by atoms with Gasteiger partial charge in [0, 0.05) is 19.7 Å². The number of halogens is 3. The molecule has 2 fully saturated rings. The van der Waals surface area contributed by atoms with Gasteiger partial charge in [-0.1, -0.05) is 41.7 Å². The normalized spacial score (nSPS) is 20.9. The first-order valence-electron chi connectivity index (χ1n) is 11.0. The molecule has 2 aliphatic heterocycles. The van der Waals surface area contributed by atoms with Gasteiger partial charge >= 0.3 is 6.18 Å². The molecule has 5 rings (SSSR count). The number of carbonyl (C=O) groups excluding carboxylic acids is 1. The van der Waals surface area contributed by atoms with E-state index in [-0.39, 0.29) is 29.5 Å². The maximum Gasteiger partial charge on any atom is 0.449 e. The predicted molar refractivity (Wildman–Crippen MR) is 120 cm³/mol. The molecule has 0 spiro atoms. The van der Waals surface area contributed by atoms with Crippen LogP contribution in [0.25, 0.3) is 10.3 Å². The summed E-state index contributed by atoms with van der Waals surface area (Å²) < 4.78 is 47.2. The van der Waals surface area contributed by atoms with Gasteiger partial charge in [0.1, 0.15) is 6.04 Å². The first kappa shape index (κ1) is 22.8. The lowest BCUT2D eigenvalue weighted by molar-refractivity contribution is -0.148. The second-order valence-corrected chi connectivity index (χ2v) is 9.29. The highest BCUT2D eigenvalue weighted by Gasteiger charge is 2.41. The molecule has 0 aliphatic carbocycles. The Bertz CT molecular complexity index is 1250. The number of nitrogens with one attached hydrogen (secondary N) is 1. The zero-order valence-electron chi connectivity index (χ0n) is 18.0. The van der Waals surface area contributed by atoms with Crippen molar-refractivity contribution in [2.24, 2.45) is 0 Å². The van der Waals surface area contributed by atoms with Crippen molar-refractivity contribution in [2.75, 3.05) is 24.7 Å². The second-order valence-electron chi connectivity index (χ2n) is 8.33. The van der Waals surface area contributed by atoms with Gasteiger partial charge in [0.15, 0.2) is 15.5 Å². The van der Waals surface area contributed by atoms with Crippen LogP contribution in [0.15, 0.2) is 35.1 Å².